The molecule has 2 aromatic heterocycles. The highest BCUT2D eigenvalue weighted by molar-refractivity contribution is 7.10. The van der Waals surface area contributed by atoms with Crippen molar-refractivity contribution >= 4 is 28.7 Å². The first-order chi connectivity index (χ1) is 12.3. The summed E-state index contributed by atoms with van der Waals surface area (Å²) >= 11 is 3.53. The van der Waals surface area contributed by atoms with Gasteiger partial charge >= 0.3 is 6.03 Å². The summed E-state index contributed by atoms with van der Waals surface area (Å²) in [5.41, 5.74) is 2.45. The lowest BCUT2D eigenvalue weighted by Crippen LogP contribution is -2.46. The van der Waals surface area contributed by atoms with Gasteiger partial charge in [0.1, 0.15) is 0 Å². The van der Waals surface area contributed by atoms with Crippen LogP contribution in [0.1, 0.15) is 26.9 Å². The van der Waals surface area contributed by atoms with Gasteiger partial charge in [-0.3, -0.25) is 0 Å². The van der Waals surface area contributed by atoms with Gasteiger partial charge in [0.2, 0.25) is 0 Å². The summed E-state index contributed by atoms with van der Waals surface area (Å²) in [6, 6.07) is 16.7. The summed E-state index contributed by atoms with van der Waals surface area (Å²) in [5.74, 6) is 0. The Morgan fingerprint density at radius 2 is 1.96 bits per heavy atom. The highest BCUT2D eigenvalue weighted by Gasteiger charge is 2.32. The van der Waals surface area contributed by atoms with Crippen LogP contribution in [0.4, 0.5) is 4.79 Å². The molecule has 3 heterocycles. The van der Waals surface area contributed by atoms with Crippen LogP contribution in [0.15, 0.2) is 59.3 Å². The van der Waals surface area contributed by atoms with Crippen molar-refractivity contribution < 1.29 is 4.79 Å². The minimum atomic E-state index is 0.0120. The van der Waals surface area contributed by atoms with Gasteiger partial charge in [-0.05, 0) is 46.9 Å². The van der Waals surface area contributed by atoms with Gasteiger partial charge < -0.3 is 10.2 Å². The molecule has 4 rings (SSSR count). The molecule has 0 fully saturated rings. The van der Waals surface area contributed by atoms with E-state index in [-0.39, 0.29) is 12.1 Å². The van der Waals surface area contributed by atoms with Crippen LogP contribution in [0.3, 0.4) is 0 Å². The van der Waals surface area contributed by atoms with Gasteiger partial charge in [-0.2, -0.15) is 0 Å². The Balaban J connectivity index is 1.52. The van der Waals surface area contributed by atoms with Crippen molar-refractivity contribution in [2.75, 3.05) is 13.1 Å². The maximum absolute atomic E-state index is 12.9. The molecule has 0 saturated heterocycles. The second-order valence-electron chi connectivity index (χ2n) is 6.12. The van der Waals surface area contributed by atoms with Crippen molar-refractivity contribution in [3.8, 4) is 0 Å². The van der Waals surface area contributed by atoms with Crippen molar-refractivity contribution in [1.29, 1.82) is 0 Å². The summed E-state index contributed by atoms with van der Waals surface area (Å²) in [6.45, 7) is 1.44. The largest absolute Gasteiger partial charge is 0.338 e. The number of amides is 2. The van der Waals surface area contributed by atoms with Crippen molar-refractivity contribution in [2.24, 2.45) is 0 Å². The number of hydrogen-bond donors (Lipinski definition) is 1. The topological polar surface area (TPSA) is 32.3 Å². The van der Waals surface area contributed by atoms with Crippen LogP contribution < -0.4 is 5.32 Å². The molecule has 0 spiro atoms. The molecule has 0 saturated carbocycles. The summed E-state index contributed by atoms with van der Waals surface area (Å²) in [4.78, 5) is 17.6. The Bertz CT molecular complexity index is 827. The molecule has 1 unspecified atom stereocenters. The Labute approximate surface area is 155 Å². The molecule has 0 radical (unpaired) electrons. The van der Waals surface area contributed by atoms with Crippen LogP contribution in [-0.2, 0) is 12.8 Å². The van der Waals surface area contributed by atoms with Gasteiger partial charge in [0, 0.05) is 22.8 Å². The Morgan fingerprint density at radius 1 is 1.08 bits per heavy atom. The summed E-state index contributed by atoms with van der Waals surface area (Å²) in [6.07, 6.45) is 1.83. The van der Waals surface area contributed by atoms with E-state index in [0.717, 1.165) is 19.4 Å². The van der Waals surface area contributed by atoms with Crippen molar-refractivity contribution in [2.45, 2.75) is 18.9 Å². The van der Waals surface area contributed by atoms with E-state index in [1.165, 1.54) is 20.9 Å². The zero-order valence-electron chi connectivity index (χ0n) is 13.9. The number of nitrogens with one attached hydrogen (secondary N) is 1. The maximum atomic E-state index is 12.9. The third kappa shape index (κ3) is 3.48. The number of urea groups is 1. The zero-order valence-corrected chi connectivity index (χ0v) is 15.5. The number of fused-ring (bicyclic) bond motifs is 1. The Morgan fingerprint density at radius 3 is 2.76 bits per heavy atom. The normalized spacial score (nSPS) is 16.5. The minimum Gasteiger partial charge on any atom is -0.338 e. The van der Waals surface area contributed by atoms with Crippen molar-refractivity contribution in [3.05, 3.63) is 80.2 Å². The zero-order chi connectivity index (χ0) is 17.1. The third-order valence-corrected chi connectivity index (χ3v) is 6.50. The van der Waals surface area contributed by atoms with Gasteiger partial charge in [-0.25, -0.2) is 4.79 Å². The molecule has 2 amide bonds. The van der Waals surface area contributed by atoms with Crippen LogP contribution in [0.25, 0.3) is 0 Å². The van der Waals surface area contributed by atoms with Gasteiger partial charge in [0.15, 0.2) is 0 Å². The fourth-order valence-electron chi connectivity index (χ4n) is 3.38. The van der Waals surface area contributed by atoms with Gasteiger partial charge in [-0.1, -0.05) is 36.4 Å². The first kappa shape index (κ1) is 16.4. The Kier molecular flexibility index (Phi) is 4.85. The second kappa shape index (κ2) is 7.42. The van der Waals surface area contributed by atoms with Crippen LogP contribution in [0, 0.1) is 0 Å². The summed E-state index contributed by atoms with van der Waals surface area (Å²) < 4.78 is 0. The lowest BCUT2D eigenvalue weighted by molar-refractivity contribution is 0.181. The molecule has 1 aliphatic heterocycles. The predicted molar refractivity (Wildman–Crippen MR) is 104 cm³/mol. The lowest BCUT2D eigenvalue weighted by atomic mass is 9.93. The van der Waals surface area contributed by atoms with E-state index in [2.05, 4.69) is 46.4 Å². The molecule has 0 bridgehead atoms. The highest BCUT2D eigenvalue weighted by Crippen LogP contribution is 2.37. The minimum absolute atomic E-state index is 0.0120. The number of hydrogen-bond acceptors (Lipinski definition) is 3. The molecular formula is C20H20N2OS2. The molecule has 3 aromatic rings. The average molecular weight is 369 g/mol. The number of carbonyl (C=O) groups excluding carboxylic acids is 1. The highest BCUT2D eigenvalue weighted by atomic mass is 32.1. The molecule has 5 heteroatoms. The fraction of sp³-hybridized carbons (Fsp3) is 0.250. The third-order valence-electron chi connectivity index (χ3n) is 4.57. The van der Waals surface area contributed by atoms with Crippen LogP contribution in [0.2, 0.25) is 0 Å². The van der Waals surface area contributed by atoms with Crippen LogP contribution in [0.5, 0.6) is 0 Å². The monoisotopic (exact) mass is 368 g/mol. The number of rotatable bonds is 4. The van der Waals surface area contributed by atoms with E-state index in [4.69, 9.17) is 0 Å². The smallest absolute Gasteiger partial charge is 0.318 e. The molecule has 1 N–H and O–H groups in total. The first-order valence-electron chi connectivity index (χ1n) is 8.51. The Hall–Kier alpha value is -2.11. The van der Waals surface area contributed by atoms with E-state index in [1.807, 2.05) is 23.1 Å². The molecule has 3 nitrogen and oxygen atoms in total. The SMILES string of the molecule is O=C(NCCc1cccs1)N1CCc2sccc2C1c1ccccc1. The van der Waals surface area contributed by atoms with Crippen molar-refractivity contribution in [3.63, 3.8) is 0 Å². The van der Waals surface area contributed by atoms with Gasteiger partial charge in [0.05, 0.1) is 6.04 Å². The number of carbonyl (C=O) groups is 1. The van der Waals surface area contributed by atoms with E-state index in [9.17, 15) is 4.79 Å². The summed E-state index contributed by atoms with van der Waals surface area (Å²) in [7, 11) is 0. The number of thiophene rings is 2. The lowest BCUT2D eigenvalue weighted by Gasteiger charge is -2.36. The molecule has 1 atom stereocenters. The number of benzene rings is 1. The van der Waals surface area contributed by atoms with Crippen LogP contribution in [-0.4, -0.2) is 24.0 Å². The van der Waals surface area contributed by atoms with Crippen LogP contribution >= 0.6 is 22.7 Å². The first-order valence-corrected chi connectivity index (χ1v) is 10.3. The molecule has 128 valence electrons. The predicted octanol–water partition coefficient (Wildman–Crippen LogP) is 4.71. The standard InChI is InChI=1S/C20H20N2OS2/c23-20(21-11-8-16-7-4-13-24-16)22-12-9-18-17(10-14-25-18)19(22)15-5-2-1-3-6-15/h1-7,10,13-14,19H,8-9,11-12H2,(H,21,23). The van der Waals surface area contributed by atoms with E-state index in [1.54, 1.807) is 22.7 Å². The van der Waals surface area contributed by atoms with Gasteiger partial charge in [-0.15, -0.1) is 22.7 Å². The van der Waals surface area contributed by atoms with Gasteiger partial charge in [0.25, 0.3) is 0 Å². The van der Waals surface area contributed by atoms with E-state index < -0.39 is 0 Å². The van der Waals surface area contributed by atoms with E-state index >= 15 is 0 Å². The van der Waals surface area contributed by atoms with Crippen molar-refractivity contribution in [1.82, 2.24) is 10.2 Å². The van der Waals surface area contributed by atoms with E-state index in [0.29, 0.717) is 6.54 Å². The quantitative estimate of drug-likeness (QED) is 0.711. The molecular weight excluding hydrogens is 348 g/mol. The second-order valence-corrected chi connectivity index (χ2v) is 8.15. The summed E-state index contributed by atoms with van der Waals surface area (Å²) in [5, 5.41) is 7.32. The molecule has 1 aliphatic rings. The number of nitrogens with zero attached hydrogens (tertiary/aromatic N) is 1. The molecule has 1 aromatic carbocycles. The maximum Gasteiger partial charge on any atom is 0.318 e. The average Bonchev–Trinajstić information content (AvgIpc) is 3.33. The molecule has 0 aliphatic carbocycles. The fourth-order valence-corrected chi connectivity index (χ4v) is 4.99. The molecule has 25 heavy (non-hydrogen) atoms.